The highest BCUT2D eigenvalue weighted by Gasteiger charge is 2.13. The van der Waals surface area contributed by atoms with E-state index in [0.717, 1.165) is 34.1 Å². The van der Waals surface area contributed by atoms with Crippen molar-refractivity contribution in [3.63, 3.8) is 0 Å². The second-order valence-electron chi connectivity index (χ2n) is 9.84. The Morgan fingerprint density at radius 2 is 1.67 bits per heavy atom. The normalized spacial score (nSPS) is 11.5. The second kappa shape index (κ2) is 12.9. The maximum atomic E-state index is 11.9. The molecule has 1 heterocycles. The number of anilines is 1. The van der Waals surface area contributed by atoms with Crippen LogP contribution in [0.5, 0.6) is 0 Å². The third kappa shape index (κ3) is 7.73. The molecular formula is C33H27Cl2N3O4S. The highest BCUT2D eigenvalue weighted by molar-refractivity contribution is 7.92. The predicted molar refractivity (Wildman–Crippen MR) is 174 cm³/mol. The molecule has 0 saturated carbocycles. The van der Waals surface area contributed by atoms with E-state index in [9.17, 15) is 13.2 Å². The van der Waals surface area contributed by atoms with E-state index in [4.69, 9.17) is 32.9 Å². The van der Waals surface area contributed by atoms with Crippen molar-refractivity contribution in [3.8, 4) is 22.4 Å². The minimum atomic E-state index is -3.36. The van der Waals surface area contributed by atoms with Gasteiger partial charge in [0.25, 0.3) is 0 Å². The molecule has 0 aliphatic rings. The van der Waals surface area contributed by atoms with Gasteiger partial charge in [-0.15, -0.1) is 0 Å². The molecule has 0 aliphatic carbocycles. The summed E-state index contributed by atoms with van der Waals surface area (Å²) >= 11 is 12.6. The fourth-order valence-corrected chi connectivity index (χ4v) is 5.58. The number of hydrogen-bond donors (Lipinski definition) is 1. The quantitative estimate of drug-likeness (QED) is 0.167. The van der Waals surface area contributed by atoms with Gasteiger partial charge in [0, 0.05) is 29.0 Å². The molecule has 0 saturated heterocycles. The molecule has 0 bridgehead atoms. The average Bonchev–Trinajstić information content (AvgIpc) is 3.38. The summed E-state index contributed by atoms with van der Waals surface area (Å²) in [4.78, 5) is 16.8. The summed E-state index contributed by atoms with van der Waals surface area (Å²) in [5.41, 5.74) is 6.24. The van der Waals surface area contributed by atoms with E-state index in [1.807, 2.05) is 77.5 Å². The highest BCUT2D eigenvalue weighted by atomic mass is 35.5. The zero-order valence-corrected chi connectivity index (χ0v) is 25.6. The lowest BCUT2D eigenvalue weighted by Gasteiger charge is -2.08. The first-order valence-electron chi connectivity index (χ1n) is 13.1. The van der Waals surface area contributed by atoms with Gasteiger partial charge in [0.05, 0.1) is 29.6 Å². The predicted octanol–water partition coefficient (Wildman–Crippen LogP) is 7.90. The first-order chi connectivity index (χ1) is 20.6. The highest BCUT2D eigenvalue weighted by Crippen LogP contribution is 2.31. The molecule has 0 amide bonds. The standard InChI is InChI=1S/C33H27Cl2N3O4S/c1-42-33(39)26-5-3-4-25(18-26)24-11-6-22(7-12-24)10-17-32-36-31(29-16-13-27(34)19-30(29)35)21-38(32)20-23-8-14-28(15-9-23)37-43(2,40)41/h3-19,21,37H,20H2,1-2H3. The van der Waals surface area contributed by atoms with Gasteiger partial charge in [-0.3, -0.25) is 4.72 Å². The topological polar surface area (TPSA) is 90.3 Å². The van der Waals surface area contributed by atoms with Crippen molar-refractivity contribution in [3.05, 3.63) is 130 Å². The lowest BCUT2D eigenvalue weighted by Crippen LogP contribution is -2.09. The Morgan fingerprint density at radius 1 is 0.930 bits per heavy atom. The molecule has 0 radical (unpaired) electrons. The van der Waals surface area contributed by atoms with Crippen LogP contribution in [-0.2, 0) is 21.3 Å². The summed E-state index contributed by atoms with van der Waals surface area (Å²) in [6.07, 6.45) is 6.94. The van der Waals surface area contributed by atoms with Gasteiger partial charge in [0.2, 0.25) is 10.0 Å². The van der Waals surface area contributed by atoms with E-state index in [0.29, 0.717) is 39.4 Å². The van der Waals surface area contributed by atoms with Crippen LogP contribution in [0.4, 0.5) is 5.69 Å². The van der Waals surface area contributed by atoms with Crippen molar-refractivity contribution in [1.29, 1.82) is 0 Å². The summed E-state index contributed by atoms with van der Waals surface area (Å²) in [5.74, 6) is 0.326. The van der Waals surface area contributed by atoms with E-state index in [1.54, 1.807) is 36.4 Å². The van der Waals surface area contributed by atoms with Gasteiger partial charge >= 0.3 is 5.97 Å². The molecule has 218 valence electrons. The number of rotatable bonds is 9. The Bertz CT molecular complexity index is 1920. The van der Waals surface area contributed by atoms with Gasteiger partial charge in [-0.25, -0.2) is 18.2 Å². The lowest BCUT2D eigenvalue weighted by molar-refractivity contribution is 0.0600. The number of ether oxygens (including phenoxy) is 1. The van der Waals surface area contributed by atoms with E-state index in [2.05, 4.69) is 4.72 Å². The van der Waals surface area contributed by atoms with Gasteiger partial charge in [-0.2, -0.15) is 0 Å². The first-order valence-corrected chi connectivity index (χ1v) is 15.8. The molecule has 0 atom stereocenters. The molecule has 43 heavy (non-hydrogen) atoms. The monoisotopic (exact) mass is 631 g/mol. The van der Waals surface area contributed by atoms with Crippen LogP contribution in [0.15, 0.2) is 97.2 Å². The van der Waals surface area contributed by atoms with Crippen molar-refractivity contribution in [2.75, 3.05) is 18.1 Å². The number of imidazole rings is 1. The smallest absolute Gasteiger partial charge is 0.337 e. The first kappa shape index (κ1) is 30.1. The van der Waals surface area contributed by atoms with E-state index in [1.165, 1.54) is 7.11 Å². The SMILES string of the molecule is COC(=O)c1cccc(-c2ccc(C=Cc3nc(-c4ccc(Cl)cc4Cl)cn3Cc3ccc(NS(C)(=O)=O)cc3)cc2)c1. The van der Waals surface area contributed by atoms with Gasteiger partial charge in [0.15, 0.2) is 0 Å². The van der Waals surface area contributed by atoms with E-state index in [-0.39, 0.29) is 5.97 Å². The molecule has 5 aromatic rings. The van der Waals surface area contributed by atoms with Crippen LogP contribution in [-0.4, -0.2) is 37.3 Å². The van der Waals surface area contributed by atoms with Crippen molar-refractivity contribution in [2.24, 2.45) is 0 Å². The molecule has 4 aromatic carbocycles. The van der Waals surface area contributed by atoms with E-state index < -0.39 is 10.0 Å². The lowest BCUT2D eigenvalue weighted by atomic mass is 10.0. The van der Waals surface area contributed by atoms with E-state index >= 15 is 0 Å². The minimum absolute atomic E-state index is 0.377. The van der Waals surface area contributed by atoms with Crippen LogP contribution >= 0.6 is 23.2 Å². The van der Waals surface area contributed by atoms with Gasteiger partial charge < -0.3 is 9.30 Å². The summed E-state index contributed by atoms with van der Waals surface area (Å²) in [7, 11) is -2.00. The third-order valence-corrected chi connectivity index (χ3v) is 7.73. The maximum Gasteiger partial charge on any atom is 0.337 e. The summed E-state index contributed by atoms with van der Waals surface area (Å²) in [5, 5.41) is 1.03. The molecule has 0 aliphatic heterocycles. The average molecular weight is 633 g/mol. The van der Waals surface area contributed by atoms with Gasteiger partial charge in [-0.1, -0.05) is 77.8 Å². The number of halogens is 2. The number of sulfonamides is 1. The maximum absolute atomic E-state index is 11.9. The third-order valence-electron chi connectivity index (χ3n) is 6.58. The number of carbonyl (C=O) groups excluding carboxylic acids is 1. The summed E-state index contributed by atoms with van der Waals surface area (Å²) in [6.45, 7) is 0.493. The zero-order chi connectivity index (χ0) is 30.6. The van der Waals surface area contributed by atoms with Crippen molar-refractivity contribution >= 4 is 57.0 Å². The zero-order valence-electron chi connectivity index (χ0n) is 23.3. The molecule has 0 spiro atoms. The molecule has 0 fully saturated rings. The number of carbonyl (C=O) groups is 1. The molecule has 7 nitrogen and oxygen atoms in total. The number of aromatic nitrogens is 2. The summed E-state index contributed by atoms with van der Waals surface area (Å²) < 4.78 is 32.5. The minimum Gasteiger partial charge on any atom is -0.465 e. The van der Waals surface area contributed by atoms with Crippen molar-refractivity contribution in [2.45, 2.75) is 6.54 Å². The summed E-state index contributed by atoms with van der Waals surface area (Å²) in [6, 6.07) is 27.8. The Labute approximate surface area is 260 Å². The van der Waals surface area contributed by atoms with Gasteiger partial charge in [-0.05, 0) is 70.8 Å². The molecule has 5 rings (SSSR count). The fraction of sp³-hybridized carbons (Fsp3) is 0.0909. The van der Waals surface area contributed by atoms with Crippen LogP contribution in [0.2, 0.25) is 10.0 Å². The largest absolute Gasteiger partial charge is 0.465 e. The molecule has 10 heteroatoms. The number of esters is 1. The Morgan fingerprint density at radius 3 is 2.35 bits per heavy atom. The fourth-order valence-electron chi connectivity index (χ4n) is 4.51. The van der Waals surface area contributed by atoms with Crippen LogP contribution < -0.4 is 4.72 Å². The number of benzene rings is 4. The van der Waals surface area contributed by atoms with Crippen LogP contribution in [0.1, 0.15) is 27.3 Å². The molecule has 0 unspecified atom stereocenters. The second-order valence-corrected chi connectivity index (χ2v) is 12.4. The Kier molecular flexibility index (Phi) is 9.01. The van der Waals surface area contributed by atoms with Crippen molar-refractivity contribution < 1.29 is 17.9 Å². The Balaban J connectivity index is 1.43. The van der Waals surface area contributed by atoms with Crippen LogP contribution in [0.25, 0.3) is 34.5 Å². The number of hydrogen-bond acceptors (Lipinski definition) is 5. The number of nitrogens with zero attached hydrogens (tertiary/aromatic N) is 2. The Hall–Kier alpha value is -4.37. The molecule has 1 N–H and O–H groups in total. The number of nitrogens with one attached hydrogen (secondary N) is 1. The molecular weight excluding hydrogens is 605 g/mol. The van der Waals surface area contributed by atoms with Crippen LogP contribution in [0, 0.1) is 0 Å². The molecule has 1 aromatic heterocycles. The van der Waals surface area contributed by atoms with Crippen LogP contribution in [0.3, 0.4) is 0 Å². The van der Waals surface area contributed by atoms with Gasteiger partial charge in [0.1, 0.15) is 5.82 Å². The number of methoxy groups -OCH3 is 1. The van der Waals surface area contributed by atoms with Crippen molar-refractivity contribution in [1.82, 2.24) is 9.55 Å².